The van der Waals surface area contributed by atoms with Crippen LogP contribution in [-0.2, 0) is 19.1 Å². The van der Waals surface area contributed by atoms with Crippen molar-refractivity contribution in [3.63, 3.8) is 0 Å². The van der Waals surface area contributed by atoms with Crippen molar-refractivity contribution in [1.82, 2.24) is 0 Å². The molecule has 0 aromatic carbocycles. The van der Waals surface area contributed by atoms with Gasteiger partial charge in [0.2, 0.25) is 0 Å². The van der Waals surface area contributed by atoms with E-state index in [1.54, 1.807) is 6.92 Å². The van der Waals surface area contributed by atoms with Gasteiger partial charge in [-0.05, 0) is 74.0 Å². The maximum absolute atomic E-state index is 12.9. The molecular weight excluding hydrogens is 416 g/mol. The number of allylic oxidation sites excluding steroid dienone is 3. The third kappa shape index (κ3) is 5.34. The molecule has 3 saturated carbocycles. The van der Waals surface area contributed by atoms with Crippen LogP contribution in [-0.4, -0.2) is 34.3 Å². The molecule has 3 aliphatic rings. The second-order valence-corrected chi connectivity index (χ2v) is 11.6. The molecule has 0 aliphatic heterocycles. The van der Waals surface area contributed by atoms with Crippen LogP contribution in [0.15, 0.2) is 23.8 Å². The van der Waals surface area contributed by atoms with E-state index in [-0.39, 0.29) is 29.3 Å². The van der Waals surface area contributed by atoms with Gasteiger partial charge in [-0.15, -0.1) is 0 Å². The normalized spacial score (nSPS) is 38.1. The zero-order chi connectivity index (χ0) is 24.6. The first kappa shape index (κ1) is 25.9. The summed E-state index contributed by atoms with van der Waals surface area (Å²) in [5, 5.41) is 9.72. The van der Waals surface area contributed by atoms with Crippen LogP contribution in [0.5, 0.6) is 0 Å². The van der Waals surface area contributed by atoms with Crippen LogP contribution in [0, 0.1) is 35.0 Å². The Morgan fingerprint density at radius 1 is 1.06 bits per heavy atom. The number of fused-ring (bicyclic) bond motifs is 1. The quantitative estimate of drug-likeness (QED) is 0.336. The van der Waals surface area contributed by atoms with E-state index in [1.807, 2.05) is 0 Å². The number of ketones is 2. The first-order chi connectivity index (χ1) is 15.4. The van der Waals surface area contributed by atoms with E-state index in [4.69, 9.17) is 4.74 Å². The van der Waals surface area contributed by atoms with Crippen LogP contribution in [0.1, 0.15) is 86.5 Å². The molecule has 4 unspecified atom stereocenters. The number of carbonyl (C=O) groups is 3. The van der Waals surface area contributed by atoms with E-state index < -0.39 is 17.7 Å². The smallest absolute Gasteiger partial charge is 0.332 e. The summed E-state index contributed by atoms with van der Waals surface area (Å²) >= 11 is 0. The summed E-state index contributed by atoms with van der Waals surface area (Å²) in [6.45, 7) is 12.9. The second kappa shape index (κ2) is 9.85. The molecule has 1 N–H and O–H groups in total. The standard InChI is InChI=1S/C28H42O5/c1-17(2)18(3)7-8-19(4)22-9-10-23-21(24(30)12-13-27(22,23)5)16-26(32)33-28(6)14-11-20(29)15-25(28)31/h7-8,16-20,22-23,29H,9-15H2,1-6H3/b8-7+,21-16-/t18?,19?,20?,22-,23+,27-,28?/m1/s1. The minimum absolute atomic E-state index is 0.00247. The van der Waals surface area contributed by atoms with Crippen molar-refractivity contribution in [2.45, 2.75) is 98.2 Å². The van der Waals surface area contributed by atoms with E-state index in [0.29, 0.717) is 48.5 Å². The fourth-order valence-corrected chi connectivity index (χ4v) is 6.21. The van der Waals surface area contributed by atoms with Crippen molar-refractivity contribution in [2.24, 2.45) is 35.0 Å². The molecule has 0 bridgehead atoms. The van der Waals surface area contributed by atoms with Crippen molar-refractivity contribution in [1.29, 1.82) is 0 Å². The fourth-order valence-electron chi connectivity index (χ4n) is 6.21. The van der Waals surface area contributed by atoms with Gasteiger partial charge >= 0.3 is 5.97 Å². The number of ether oxygens (including phenoxy) is 1. The Balaban J connectivity index is 1.76. The number of aliphatic hydroxyl groups is 1. The maximum Gasteiger partial charge on any atom is 0.332 e. The van der Waals surface area contributed by atoms with Crippen molar-refractivity contribution < 1.29 is 24.2 Å². The number of carbonyl (C=O) groups excluding carboxylic acids is 3. The highest BCUT2D eigenvalue weighted by molar-refractivity contribution is 6.02. The third-order valence-electron chi connectivity index (χ3n) is 8.97. The Morgan fingerprint density at radius 2 is 1.76 bits per heavy atom. The van der Waals surface area contributed by atoms with E-state index in [1.165, 1.54) is 6.08 Å². The molecule has 0 radical (unpaired) electrons. The Kier molecular flexibility index (Phi) is 7.72. The van der Waals surface area contributed by atoms with Crippen LogP contribution >= 0.6 is 0 Å². The lowest BCUT2D eigenvalue weighted by molar-refractivity contribution is -0.167. The average Bonchev–Trinajstić information content (AvgIpc) is 3.09. The molecule has 5 heteroatoms. The van der Waals surface area contributed by atoms with Crippen LogP contribution < -0.4 is 0 Å². The lowest BCUT2D eigenvalue weighted by Gasteiger charge is -2.43. The van der Waals surface area contributed by atoms with Crippen molar-refractivity contribution in [3.8, 4) is 0 Å². The van der Waals surface area contributed by atoms with Gasteiger partial charge in [0.05, 0.1) is 6.10 Å². The Bertz CT molecular complexity index is 839. The highest BCUT2D eigenvalue weighted by atomic mass is 16.6. The fraction of sp³-hybridized carbons (Fsp3) is 0.750. The molecule has 3 aliphatic carbocycles. The average molecular weight is 459 g/mol. The van der Waals surface area contributed by atoms with Gasteiger partial charge in [-0.3, -0.25) is 9.59 Å². The minimum Gasteiger partial charge on any atom is -0.448 e. The zero-order valence-electron chi connectivity index (χ0n) is 21.2. The van der Waals surface area contributed by atoms with Crippen molar-refractivity contribution in [2.75, 3.05) is 0 Å². The van der Waals surface area contributed by atoms with Gasteiger partial charge in [0.15, 0.2) is 17.2 Å². The molecule has 184 valence electrons. The summed E-state index contributed by atoms with van der Waals surface area (Å²) in [5.41, 5.74) is -0.673. The van der Waals surface area contributed by atoms with Gasteiger partial charge in [-0.1, -0.05) is 46.8 Å². The number of rotatable bonds is 6. The molecule has 0 aromatic heterocycles. The third-order valence-corrected chi connectivity index (χ3v) is 8.97. The predicted molar refractivity (Wildman–Crippen MR) is 128 cm³/mol. The lowest BCUT2D eigenvalue weighted by Crippen LogP contribution is -2.46. The minimum atomic E-state index is -1.22. The molecule has 0 heterocycles. The molecule has 33 heavy (non-hydrogen) atoms. The van der Waals surface area contributed by atoms with Gasteiger partial charge in [0.1, 0.15) is 0 Å². The highest BCUT2D eigenvalue weighted by Gasteiger charge is 2.53. The molecule has 0 amide bonds. The van der Waals surface area contributed by atoms with E-state index in [9.17, 15) is 19.5 Å². The van der Waals surface area contributed by atoms with Gasteiger partial charge in [-0.25, -0.2) is 4.79 Å². The molecule has 3 fully saturated rings. The molecule has 3 rings (SSSR count). The number of esters is 1. The summed E-state index contributed by atoms with van der Waals surface area (Å²) in [6, 6.07) is 0. The van der Waals surface area contributed by atoms with Crippen LogP contribution in [0.25, 0.3) is 0 Å². The molecule has 7 atom stereocenters. The van der Waals surface area contributed by atoms with Crippen molar-refractivity contribution >= 4 is 17.5 Å². The van der Waals surface area contributed by atoms with E-state index in [0.717, 1.165) is 19.3 Å². The Labute approximate surface area is 199 Å². The Morgan fingerprint density at radius 3 is 2.39 bits per heavy atom. The topological polar surface area (TPSA) is 80.7 Å². The summed E-state index contributed by atoms with van der Waals surface area (Å²) in [6.07, 6.45) is 9.34. The SMILES string of the molecule is CC(C)C(C)/C=C/C(C)[C@H]1CC[C@H]2/C(=C/C(=O)OC3(C)CCC(O)CC3=O)C(=O)CC[C@]12C. The summed E-state index contributed by atoms with van der Waals surface area (Å²) in [7, 11) is 0. The monoisotopic (exact) mass is 458 g/mol. The van der Waals surface area contributed by atoms with Gasteiger partial charge in [0.25, 0.3) is 0 Å². The van der Waals surface area contributed by atoms with E-state index >= 15 is 0 Å². The summed E-state index contributed by atoms with van der Waals surface area (Å²) < 4.78 is 5.59. The molecule has 0 aromatic rings. The molecular formula is C28H42O5. The van der Waals surface area contributed by atoms with Crippen LogP contribution in [0.3, 0.4) is 0 Å². The second-order valence-electron chi connectivity index (χ2n) is 11.6. The predicted octanol–water partition coefficient (Wildman–Crippen LogP) is 5.21. The maximum atomic E-state index is 12.9. The lowest BCUT2D eigenvalue weighted by atomic mass is 9.61. The largest absolute Gasteiger partial charge is 0.448 e. The summed E-state index contributed by atoms with van der Waals surface area (Å²) in [5.74, 6) is 1.21. The number of hydrogen-bond acceptors (Lipinski definition) is 5. The number of Topliss-reactive ketones (excluding diaryl/α,β-unsaturated/α-hetero) is 2. The van der Waals surface area contributed by atoms with Crippen molar-refractivity contribution in [3.05, 3.63) is 23.8 Å². The number of aliphatic hydroxyl groups excluding tert-OH is 1. The summed E-state index contributed by atoms with van der Waals surface area (Å²) in [4.78, 5) is 38.1. The van der Waals surface area contributed by atoms with Crippen LogP contribution in [0.4, 0.5) is 0 Å². The van der Waals surface area contributed by atoms with Gasteiger partial charge in [0, 0.05) is 24.5 Å². The van der Waals surface area contributed by atoms with Gasteiger partial charge in [-0.2, -0.15) is 0 Å². The highest BCUT2D eigenvalue weighted by Crippen LogP contribution is 2.58. The molecule has 5 nitrogen and oxygen atoms in total. The van der Waals surface area contributed by atoms with E-state index in [2.05, 4.69) is 46.8 Å². The molecule has 0 spiro atoms. The van der Waals surface area contributed by atoms with Crippen LogP contribution in [0.2, 0.25) is 0 Å². The first-order valence-electron chi connectivity index (χ1n) is 12.7. The number of hydrogen-bond donors (Lipinski definition) is 1. The zero-order valence-corrected chi connectivity index (χ0v) is 21.2. The first-order valence-corrected chi connectivity index (χ1v) is 12.7. The Hall–Kier alpha value is -1.75. The molecule has 0 saturated heterocycles. The van der Waals surface area contributed by atoms with Gasteiger partial charge < -0.3 is 9.84 Å².